The van der Waals surface area contributed by atoms with Crippen LogP contribution in [0.15, 0.2) is 73.6 Å². The van der Waals surface area contributed by atoms with Crippen LogP contribution in [0.5, 0.6) is 11.8 Å². The highest BCUT2D eigenvalue weighted by Gasteiger charge is 2.23. The van der Waals surface area contributed by atoms with Crippen LogP contribution in [-0.2, 0) is 11.2 Å². The SMILES string of the molecule is CCc1cnc(NCC2CCC(Nc3ccc4ccnc(OC)c4n3)CC2)nc1.CO.COC(=O)N(C)c1cnc(NCC2CCC(Nc3ccc4ccnc(OC)c4n3)CC2)nc1.[2H]CI. The second kappa shape index (κ2) is 26.9. The van der Waals surface area contributed by atoms with E-state index in [0.717, 1.165) is 110 Å². The molecular formula is C47H64IN13O5. The Morgan fingerprint density at radius 1 is 0.697 bits per heavy atom. The smallest absolute Gasteiger partial charge is 0.413 e. The Morgan fingerprint density at radius 3 is 1.52 bits per heavy atom. The van der Waals surface area contributed by atoms with Crippen molar-refractivity contribution in [2.75, 3.05) is 79.6 Å². The van der Waals surface area contributed by atoms with Gasteiger partial charge in [-0.3, -0.25) is 4.90 Å². The number of pyridine rings is 4. The number of nitrogens with zero attached hydrogens (tertiary/aromatic N) is 9. The van der Waals surface area contributed by atoms with E-state index in [4.69, 9.17) is 30.7 Å². The summed E-state index contributed by atoms with van der Waals surface area (Å²) >= 11 is 1.96. The van der Waals surface area contributed by atoms with Gasteiger partial charge in [0.1, 0.15) is 22.7 Å². The van der Waals surface area contributed by atoms with E-state index < -0.39 is 6.09 Å². The van der Waals surface area contributed by atoms with Crippen molar-refractivity contribution in [1.82, 2.24) is 39.9 Å². The van der Waals surface area contributed by atoms with Crippen LogP contribution in [0.2, 0.25) is 0 Å². The first kappa shape index (κ1) is 49.5. The molecule has 0 saturated heterocycles. The van der Waals surface area contributed by atoms with Crippen LogP contribution in [0.3, 0.4) is 0 Å². The highest BCUT2D eigenvalue weighted by molar-refractivity contribution is 14.1. The number of fused-ring (bicyclic) bond motifs is 2. The van der Waals surface area contributed by atoms with Crippen LogP contribution in [-0.4, -0.2) is 117 Å². The first-order valence-corrected chi connectivity index (χ1v) is 23.6. The monoisotopic (exact) mass is 1020 g/mol. The third-order valence-corrected chi connectivity index (χ3v) is 11.6. The van der Waals surface area contributed by atoms with Crippen molar-refractivity contribution >= 4 is 79.7 Å². The topological polar surface area (TPSA) is 219 Å². The maximum absolute atomic E-state index is 11.6. The van der Waals surface area contributed by atoms with Crippen LogP contribution < -0.4 is 35.6 Å². The Kier molecular flexibility index (Phi) is 20.1. The maximum Gasteiger partial charge on any atom is 0.413 e. The number of aryl methyl sites for hydroxylation is 1. The summed E-state index contributed by atoms with van der Waals surface area (Å²) in [6.07, 6.45) is 19.9. The number of nitrogens with one attached hydrogen (secondary N) is 4. The van der Waals surface area contributed by atoms with Crippen molar-refractivity contribution in [3.05, 3.63) is 79.1 Å². The second-order valence-corrected chi connectivity index (χ2v) is 15.7. The number of hydrogen-bond donors (Lipinski definition) is 5. The molecule has 2 aliphatic rings. The minimum absolute atomic E-state index is 0.387. The Balaban J connectivity index is 0.000000230. The van der Waals surface area contributed by atoms with Gasteiger partial charge in [-0.05, 0) is 116 Å². The predicted octanol–water partition coefficient (Wildman–Crippen LogP) is 8.45. The molecule has 5 N–H and O–H groups in total. The van der Waals surface area contributed by atoms with Gasteiger partial charge in [-0.25, -0.2) is 44.7 Å². The zero-order valence-electron chi connectivity index (χ0n) is 39.7. The largest absolute Gasteiger partial charge is 0.479 e. The highest BCUT2D eigenvalue weighted by atomic mass is 127. The fourth-order valence-corrected chi connectivity index (χ4v) is 7.87. The molecule has 8 rings (SSSR count). The molecule has 18 nitrogen and oxygen atoms in total. The van der Waals surface area contributed by atoms with Crippen LogP contribution in [0.4, 0.5) is 34.0 Å². The summed E-state index contributed by atoms with van der Waals surface area (Å²) in [6.45, 7) is 3.85. The first-order valence-electron chi connectivity index (χ1n) is 22.8. The number of aliphatic hydroxyl groups is 1. The molecule has 19 heteroatoms. The summed E-state index contributed by atoms with van der Waals surface area (Å²) in [4.78, 5) is 48.7. The number of carbonyl (C=O) groups excluding carboxylic acids is 1. The van der Waals surface area contributed by atoms with Gasteiger partial charge >= 0.3 is 6.09 Å². The van der Waals surface area contributed by atoms with E-state index in [-0.39, 0.29) is 0 Å². The Morgan fingerprint density at radius 2 is 1.12 bits per heavy atom. The minimum atomic E-state index is -0.459. The minimum Gasteiger partial charge on any atom is -0.479 e. The predicted molar refractivity (Wildman–Crippen MR) is 270 cm³/mol. The van der Waals surface area contributed by atoms with Gasteiger partial charge in [0, 0.05) is 76.3 Å². The zero-order valence-corrected chi connectivity index (χ0v) is 40.9. The van der Waals surface area contributed by atoms with E-state index in [1.54, 1.807) is 46.1 Å². The maximum atomic E-state index is 11.6. The molecule has 2 fully saturated rings. The van der Waals surface area contributed by atoms with E-state index in [1.165, 1.54) is 24.9 Å². The van der Waals surface area contributed by atoms with E-state index in [9.17, 15) is 4.79 Å². The molecule has 6 heterocycles. The Bertz CT molecular complexity index is 2390. The molecule has 0 unspecified atom stereocenters. The van der Waals surface area contributed by atoms with Gasteiger partial charge in [-0.2, -0.15) is 0 Å². The number of methoxy groups -OCH3 is 3. The van der Waals surface area contributed by atoms with Crippen molar-refractivity contribution in [2.45, 2.75) is 76.8 Å². The standard InChI is InChI=1S/C23H29N7O3.C22H28N6O.CH3I.CH4O/c1-30(23(31)33-3)18-13-26-22(27-14-18)25-12-15-4-7-17(8-5-15)28-19-9-6-16-10-11-24-21(32-2)20(16)29-19;1-3-15-12-24-22(25-13-15)26-14-16-4-7-18(8-5-16)27-19-9-6-17-10-11-23-21(29-2)20(17)28-19;2*1-2/h6,9-11,13-15,17H,4-5,7-8,12H2,1-3H3,(H,28,29)(H,25,26,27);6,9-13,16,18H,3-5,7-8,14H2,1-2H3,(H,27,28)(H,24,25,26);1H3;2H,1H3/i;;1D;. The molecule has 0 radical (unpaired) electrons. The van der Waals surface area contributed by atoms with Crippen molar-refractivity contribution in [2.24, 2.45) is 11.8 Å². The summed E-state index contributed by atoms with van der Waals surface area (Å²) in [6, 6.07) is 12.9. The van der Waals surface area contributed by atoms with Gasteiger partial charge in [-0.15, -0.1) is 0 Å². The number of halogens is 1. The number of ether oxygens (including phenoxy) is 3. The van der Waals surface area contributed by atoms with Crippen LogP contribution >= 0.6 is 22.6 Å². The van der Waals surface area contributed by atoms with E-state index in [0.29, 0.717) is 52.2 Å². The van der Waals surface area contributed by atoms with Crippen molar-refractivity contribution in [3.8, 4) is 11.8 Å². The van der Waals surface area contributed by atoms with Gasteiger partial charge in [0.25, 0.3) is 0 Å². The zero-order chi connectivity index (χ0) is 48.0. The van der Waals surface area contributed by atoms with E-state index >= 15 is 0 Å². The van der Waals surface area contributed by atoms with Crippen LogP contribution in [0, 0.1) is 11.8 Å². The lowest BCUT2D eigenvalue weighted by atomic mass is 9.86. The molecule has 6 aromatic rings. The number of aromatic nitrogens is 8. The van der Waals surface area contributed by atoms with Crippen LogP contribution in [0.1, 0.15) is 65.2 Å². The lowest BCUT2D eigenvalue weighted by Crippen LogP contribution is -2.29. The van der Waals surface area contributed by atoms with Crippen molar-refractivity contribution in [1.29, 1.82) is 0 Å². The molecule has 2 aliphatic carbocycles. The number of amides is 1. The number of anilines is 5. The molecule has 354 valence electrons. The van der Waals surface area contributed by atoms with Gasteiger partial charge in [0.2, 0.25) is 23.7 Å². The van der Waals surface area contributed by atoms with Gasteiger partial charge < -0.3 is 40.6 Å². The molecule has 2 saturated carbocycles. The first-order chi connectivity index (χ1) is 32.7. The number of carbonyl (C=O) groups is 1. The summed E-state index contributed by atoms with van der Waals surface area (Å²) in [7, 11) is 7.19. The summed E-state index contributed by atoms with van der Waals surface area (Å²) in [5.74, 6) is 5.32. The molecule has 0 spiro atoms. The quantitative estimate of drug-likeness (QED) is 0.0510. The Labute approximate surface area is 402 Å². The fraction of sp³-hybridized carbons (Fsp3) is 0.468. The van der Waals surface area contributed by atoms with Gasteiger partial charge in [-0.1, -0.05) is 29.5 Å². The van der Waals surface area contributed by atoms with Gasteiger partial charge in [0.05, 0.1) is 39.4 Å². The molecule has 0 aromatic carbocycles. The van der Waals surface area contributed by atoms with Gasteiger partial charge in [0.15, 0.2) is 0 Å². The molecule has 0 atom stereocenters. The molecule has 6 aromatic heterocycles. The van der Waals surface area contributed by atoms with E-state index in [2.05, 4.69) is 64.2 Å². The molecular weight excluding hydrogens is 954 g/mol. The van der Waals surface area contributed by atoms with Crippen molar-refractivity contribution in [3.63, 3.8) is 0 Å². The summed E-state index contributed by atoms with van der Waals surface area (Å²) in [5, 5.41) is 22.9. The average molecular weight is 1020 g/mol. The Hall–Kier alpha value is -5.96. The molecule has 0 bridgehead atoms. The number of hydrogen-bond acceptors (Lipinski definition) is 17. The van der Waals surface area contributed by atoms with Crippen LogP contribution in [0.25, 0.3) is 21.8 Å². The van der Waals surface area contributed by atoms with E-state index in [1.807, 2.05) is 65.3 Å². The number of alkyl halides is 1. The highest BCUT2D eigenvalue weighted by Crippen LogP contribution is 2.30. The molecule has 0 aliphatic heterocycles. The number of aliphatic hydroxyl groups excluding tert-OH is 1. The average Bonchev–Trinajstić information content (AvgIpc) is 3.38. The lowest BCUT2D eigenvalue weighted by molar-refractivity contribution is 0.180. The normalized spacial score (nSPS) is 17.7. The summed E-state index contributed by atoms with van der Waals surface area (Å²) < 4.78 is 21.6. The fourth-order valence-electron chi connectivity index (χ4n) is 7.87. The second-order valence-electron chi connectivity index (χ2n) is 15.7. The third-order valence-electron chi connectivity index (χ3n) is 11.6. The molecule has 66 heavy (non-hydrogen) atoms. The summed E-state index contributed by atoms with van der Waals surface area (Å²) in [5.41, 5.74) is 3.31. The molecule has 1 amide bonds. The lowest BCUT2D eigenvalue weighted by Gasteiger charge is -2.29. The number of rotatable bonds is 14. The third kappa shape index (κ3) is 14.5. The van der Waals surface area contributed by atoms with Crippen molar-refractivity contribution < 1.29 is 25.5 Å².